The fraction of sp³-hybridized carbons (Fsp3) is 0.438. The Bertz CT molecular complexity index is 452. The Morgan fingerprint density at radius 3 is 2.26 bits per heavy atom. The summed E-state index contributed by atoms with van der Waals surface area (Å²) in [5, 5.41) is 0. The largest absolute Gasteiger partial charge is 0.416 e. The van der Waals surface area contributed by atoms with E-state index in [1.54, 1.807) is 12.1 Å². The van der Waals surface area contributed by atoms with E-state index in [4.69, 9.17) is 0 Å². The molecule has 103 valence electrons. The van der Waals surface area contributed by atoms with Gasteiger partial charge in [-0.15, -0.1) is 0 Å². The van der Waals surface area contributed by atoms with Gasteiger partial charge >= 0.3 is 6.18 Å². The van der Waals surface area contributed by atoms with Crippen LogP contribution in [0.25, 0.3) is 5.57 Å². The van der Waals surface area contributed by atoms with Crippen LogP contribution in [0, 0.1) is 11.8 Å². The summed E-state index contributed by atoms with van der Waals surface area (Å²) in [5.74, 6) is 1.70. The van der Waals surface area contributed by atoms with Crippen molar-refractivity contribution in [1.82, 2.24) is 0 Å². The molecule has 0 saturated carbocycles. The topological polar surface area (TPSA) is 0 Å². The van der Waals surface area contributed by atoms with Crippen LogP contribution in [-0.4, -0.2) is 0 Å². The highest BCUT2D eigenvalue weighted by Crippen LogP contribution is 2.39. The Kier molecular flexibility index (Phi) is 4.02. The maximum atomic E-state index is 12.5. The van der Waals surface area contributed by atoms with Gasteiger partial charge in [-0.25, -0.2) is 0 Å². The lowest BCUT2D eigenvalue weighted by Crippen LogP contribution is -2.13. The second kappa shape index (κ2) is 5.40. The maximum Gasteiger partial charge on any atom is 0.416 e. The van der Waals surface area contributed by atoms with Crippen molar-refractivity contribution >= 4 is 5.57 Å². The summed E-state index contributed by atoms with van der Waals surface area (Å²) in [6.45, 7) is 4.18. The van der Waals surface area contributed by atoms with E-state index in [0.717, 1.165) is 24.8 Å². The van der Waals surface area contributed by atoms with Gasteiger partial charge in [0.1, 0.15) is 0 Å². The van der Waals surface area contributed by atoms with E-state index in [1.807, 2.05) is 0 Å². The third-order valence-corrected chi connectivity index (χ3v) is 3.68. The van der Waals surface area contributed by atoms with Gasteiger partial charge in [0, 0.05) is 0 Å². The number of rotatable bonds is 2. The maximum absolute atomic E-state index is 12.5. The van der Waals surface area contributed by atoms with Crippen molar-refractivity contribution in [2.75, 3.05) is 0 Å². The van der Waals surface area contributed by atoms with Gasteiger partial charge in [-0.1, -0.05) is 32.1 Å². The Morgan fingerprint density at radius 1 is 1.11 bits per heavy atom. The molecule has 1 aromatic carbocycles. The van der Waals surface area contributed by atoms with Gasteiger partial charge in [0.15, 0.2) is 0 Å². The standard InChI is InChI=1S/C16H18F3/c1-11(2)14-5-3-4-6-15(14)12-7-9-13(10-8-12)16(17,18)19/h6-10,14H,3-5H2,1-2H3. The predicted octanol–water partition coefficient (Wildman–Crippen LogP) is 5.50. The molecule has 0 amide bonds. The minimum atomic E-state index is -4.26. The first-order valence-corrected chi connectivity index (χ1v) is 6.57. The van der Waals surface area contributed by atoms with Gasteiger partial charge < -0.3 is 0 Å². The zero-order valence-corrected chi connectivity index (χ0v) is 11.2. The fourth-order valence-electron chi connectivity index (χ4n) is 2.65. The third kappa shape index (κ3) is 3.20. The Hall–Kier alpha value is -1.25. The zero-order valence-electron chi connectivity index (χ0n) is 11.2. The van der Waals surface area contributed by atoms with Crippen LogP contribution < -0.4 is 0 Å². The first-order chi connectivity index (χ1) is 8.89. The van der Waals surface area contributed by atoms with E-state index >= 15 is 0 Å². The van der Waals surface area contributed by atoms with Gasteiger partial charge in [0.2, 0.25) is 0 Å². The molecule has 0 spiro atoms. The molecular weight excluding hydrogens is 249 g/mol. The molecule has 0 aromatic heterocycles. The van der Waals surface area contributed by atoms with Crippen LogP contribution >= 0.6 is 0 Å². The molecule has 0 heterocycles. The number of hydrogen-bond acceptors (Lipinski definition) is 0. The summed E-state index contributed by atoms with van der Waals surface area (Å²) in [7, 11) is 0. The molecular formula is C16H18F3. The SMILES string of the molecule is C[C](C)C1CCCC=C1c1ccc(C(F)(F)F)cc1. The van der Waals surface area contributed by atoms with E-state index in [1.165, 1.54) is 23.6 Å². The second-order valence-corrected chi connectivity index (χ2v) is 5.30. The number of halogens is 3. The molecule has 0 nitrogen and oxygen atoms in total. The van der Waals surface area contributed by atoms with Crippen molar-refractivity contribution < 1.29 is 13.2 Å². The summed E-state index contributed by atoms with van der Waals surface area (Å²) in [6.07, 6.45) is 1.17. The van der Waals surface area contributed by atoms with E-state index < -0.39 is 11.7 Å². The highest BCUT2D eigenvalue weighted by molar-refractivity contribution is 5.70. The molecule has 0 aliphatic heterocycles. The van der Waals surface area contributed by atoms with Crippen LogP contribution in [0.3, 0.4) is 0 Å². The van der Waals surface area contributed by atoms with Gasteiger partial charge in [-0.2, -0.15) is 13.2 Å². The van der Waals surface area contributed by atoms with E-state index in [0.29, 0.717) is 5.92 Å². The molecule has 1 aliphatic rings. The quantitative estimate of drug-likeness (QED) is 0.663. The Balaban J connectivity index is 2.28. The molecule has 0 N–H and O–H groups in total. The molecule has 1 aliphatic carbocycles. The molecule has 3 heteroatoms. The van der Waals surface area contributed by atoms with E-state index in [2.05, 4.69) is 19.9 Å². The number of alkyl halides is 3. The lowest BCUT2D eigenvalue weighted by atomic mass is 9.77. The summed E-state index contributed by atoms with van der Waals surface area (Å²) in [6, 6.07) is 5.53. The normalized spacial score (nSPS) is 20.5. The Morgan fingerprint density at radius 2 is 1.74 bits per heavy atom. The van der Waals surface area contributed by atoms with Crippen LogP contribution in [0.5, 0.6) is 0 Å². The molecule has 1 aromatic rings. The van der Waals surface area contributed by atoms with Crippen molar-refractivity contribution in [2.45, 2.75) is 39.3 Å². The molecule has 0 saturated heterocycles. The third-order valence-electron chi connectivity index (χ3n) is 3.68. The van der Waals surface area contributed by atoms with Gasteiger partial charge in [0.25, 0.3) is 0 Å². The van der Waals surface area contributed by atoms with Gasteiger partial charge in [-0.3, -0.25) is 0 Å². The zero-order chi connectivity index (χ0) is 14.0. The molecule has 1 unspecified atom stereocenters. The van der Waals surface area contributed by atoms with Crippen molar-refractivity contribution in [3.8, 4) is 0 Å². The summed E-state index contributed by atoms with van der Waals surface area (Å²) < 4.78 is 37.6. The molecule has 1 radical (unpaired) electrons. The van der Waals surface area contributed by atoms with Crippen LogP contribution in [-0.2, 0) is 6.18 Å². The average molecular weight is 267 g/mol. The first kappa shape index (κ1) is 14.2. The molecule has 19 heavy (non-hydrogen) atoms. The highest BCUT2D eigenvalue weighted by atomic mass is 19.4. The van der Waals surface area contributed by atoms with Crippen LogP contribution in [0.1, 0.15) is 44.2 Å². The smallest absolute Gasteiger partial charge is 0.166 e. The second-order valence-electron chi connectivity index (χ2n) is 5.30. The van der Waals surface area contributed by atoms with Crippen LogP contribution in [0.4, 0.5) is 13.2 Å². The minimum Gasteiger partial charge on any atom is -0.166 e. The number of hydrogen-bond donors (Lipinski definition) is 0. The molecule has 0 bridgehead atoms. The monoisotopic (exact) mass is 267 g/mol. The van der Waals surface area contributed by atoms with Gasteiger partial charge in [0.05, 0.1) is 5.56 Å². The van der Waals surface area contributed by atoms with Crippen molar-refractivity contribution in [3.63, 3.8) is 0 Å². The van der Waals surface area contributed by atoms with E-state index in [-0.39, 0.29) is 0 Å². The first-order valence-electron chi connectivity index (χ1n) is 6.57. The predicted molar refractivity (Wildman–Crippen MR) is 71.4 cm³/mol. The Labute approximate surface area is 112 Å². The fourth-order valence-corrected chi connectivity index (χ4v) is 2.65. The van der Waals surface area contributed by atoms with Crippen molar-refractivity contribution in [1.29, 1.82) is 0 Å². The molecule has 2 rings (SSSR count). The number of benzene rings is 1. The molecule has 1 atom stereocenters. The van der Waals surface area contributed by atoms with Crippen molar-refractivity contribution in [2.24, 2.45) is 5.92 Å². The summed E-state index contributed by atoms with van der Waals surface area (Å²) in [5.41, 5.74) is 1.51. The lowest BCUT2D eigenvalue weighted by molar-refractivity contribution is -0.137. The molecule has 0 fully saturated rings. The lowest BCUT2D eigenvalue weighted by Gasteiger charge is -2.27. The van der Waals surface area contributed by atoms with E-state index in [9.17, 15) is 13.2 Å². The van der Waals surface area contributed by atoms with Gasteiger partial charge in [-0.05, 0) is 54.4 Å². The number of allylic oxidation sites excluding steroid dienone is 2. The minimum absolute atomic E-state index is 0.380. The summed E-state index contributed by atoms with van der Waals surface area (Å²) in [4.78, 5) is 0. The van der Waals surface area contributed by atoms with Crippen LogP contribution in [0.15, 0.2) is 30.3 Å². The van der Waals surface area contributed by atoms with Crippen LogP contribution in [0.2, 0.25) is 0 Å². The summed E-state index contributed by atoms with van der Waals surface area (Å²) >= 11 is 0. The van der Waals surface area contributed by atoms with Crippen molar-refractivity contribution in [3.05, 3.63) is 47.4 Å². The average Bonchev–Trinajstić information content (AvgIpc) is 2.38. The highest BCUT2D eigenvalue weighted by Gasteiger charge is 2.30.